The summed E-state index contributed by atoms with van der Waals surface area (Å²) in [5.41, 5.74) is 4.78. The Hall–Kier alpha value is -3.69. The molecule has 3 fully saturated rings. The number of amides is 2. The van der Waals surface area contributed by atoms with Gasteiger partial charge in [0.05, 0.1) is 42.4 Å². The third-order valence-corrected chi connectivity index (χ3v) is 8.76. The van der Waals surface area contributed by atoms with Gasteiger partial charge in [-0.1, -0.05) is 48.0 Å². The molecule has 0 saturated carbocycles. The van der Waals surface area contributed by atoms with Gasteiger partial charge >= 0.3 is 6.09 Å². The Morgan fingerprint density at radius 2 is 1.76 bits per heavy atom. The lowest BCUT2D eigenvalue weighted by molar-refractivity contribution is 0.0773. The molecule has 3 saturated heterocycles. The van der Waals surface area contributed by atoms with Crippen molar-refractivity contribution in [3.05, 3.63) is 83.2 Å². The maximum atomic E-state index is 13.5. The summed E-state index contributed by atoms with van der Waals surface area (Å²) in [5.74, 6) is 0.991. The fraction of sp³-hybridized carbons (Fsp3) is 0.469. The SMILES string of the molecule is Cc1ccc(-n2ncc(C(=O)N3CC4CN(CCC(NC(=O)OC5CCOC5)c5ccccc5)C[C@H]4C3)c2C)cc1. The molecule has 2 amide bonds. The average Bonchev–Trinajstić information content (AvgIpc) is 3.77. The summed E-state index contributed by atoms with van der Waals surface area (Å²) in [6, 6.07) is 18.1. The van der Waals surface area contributed by atoms with Crippen LogP contribution in [-0.2, 0) is 9.47 Å². The molecule has 6 rings (SSSR count). The van der Waals surface area contributed by atoms with Crippen molar-refractivity contribution in [2.24, 2.45) is 11.8 Å². The van der Waals surface area contributed by atoms with Gasteiger partial charge in [0.15, 0.2) is 0 Å². The van der Waals surface area contributed by atoms with Crippen molar-refractivity contribution in [1.29, 1.82) is 0 Å². The first-order chi connectivity index (χ1) is 19.9. The Labute approximate surface area is 241 Å². The molecule has 1 aromatic heterocycles. The van der Waals surface area contributed by atoms with E-state index in [4.69, 9.17) is 9.47 Å². The number of aryl methyl sites for hydroxylation is 1. The number of alkyl carbamates (subject to hydrolysis) is 1. The monoisotopic (exact) mass is 557 g/mol. The quantitative estimate of drug-likeness (QED) is 0.448. The first-order valence-corrected chi connectivity index (χ1v) is 14.7. The van der Waals surface area contributed by atoms with Gasteiger partial charge in [0.2, 0.25) is 0 Å². The number of hydrogen-bond donors (Lipinski definition) is 1. The zero-order chi connectivity index (χ0) is 28.3. The first kappa shape index (κ1) is 27.5. The number of fused-ring (bicyclic) bond motifs is 1. The highest BCUT2D eigenvalue weighted by molar-refractivity contribution is 5.95. The molecule has 216 valence electrons. The summed E-state index contributed by atoms with van der Waals surface area (Å²) in [6.45, 7) is 9.45. The lowest BCUT2D eigenvalue weighted by Gasteiger charge is -2.25. The number of carbonyl (C=O) groups is 2. The van der Waals surface area contributed by atoms with Gasteiger partial charge < -0.3 is 24.6 Å². The van der Waals surface area contributed by atoms with Gasteiger partial charge in [0.1, 0.15) is 6.10 Å². The molecule has 9 nitrogen and oxygen atoms in total. The van der Waals surface area contributed by atoms with Crippen molar-refractivity contribution >= 4 is 12.0 Å². The molecular formula is C32H39N5O4. The number of rotatable bonds is 8. The molecule has 3 aliphatic heterocycles. The summed E-state index contributed by atoms with van der Waals surface area (Å²) in [6.07, 6.45) is 2.69. The Kier molecular flexibility index (Phi) is 8.07. The number of aromatic nitrogens is 2. The number of likely N-dealkylation sites (tertiary alicyclic amines) is 2. The third-order valence-electron chi connectivity index (χ3n) is 8.76. The molecule has 41 heavy (non-hydrogen) atoms. The van der Waals surface area contributed by atoms with E-state index in [0.717, 1.165) is 62.5 Å². The summed E-state index contributed by atoms with van der Waals surface area (Å²) in [7, 11) is 0. The average molecular weight is 558 g/mol. The standard InChI is InChI=1S/C32H39N5O4/c1-22-8-10-27(11-9-22)37-23(2)29(16-33-37)31(38)36-19-25-17-35(18-26(25)20-36)14-12-30(24-6-4-3-5-7-24)34-32(39)41-28-13-15-40-21-28/h3-11,16,25-26,28,30H,12-15,17-21H2,1-2H3,(H,34,39)/t25-,26?,28?,30?/m0/s1. The van der Waals surface area contributed by atoms with Crippen LogP contribution in [0.25, 0.3) is 5.69 Å². The minimum Gasteiger partial charge on any atom is -0.444 e. The molecule has 9 heteroatoms. The highest BCUT2D eigenvalue weighted by atomic mass is 16.6. The molecule has 3 aliphatic rings. The summed E-state index contributed by atoms with van der Waals surface area (Å²) < 4.78 is 12.8. The van der Waals surface area contributed by atoms with Crippen molar-refractivity contribution in [3.8, 4) is 5.69 Å². The number of ether oxygens (including phenoxy) is 2. The molecule has 1 N–H and O–H groups in total. The first-order valence-electron chi connectivity index (χ1n) is 14.7. The van der Waals surface area contributed by atoms with Gasteiger partial charge in [-0.05, 0) is 49.8 Å². The van der Waals surface area contributed by atoms with Crippen LogP contribution in [0.4, 0.5) is 4.79 Å². The van der Waals surface area contributed by atoms with Gasteiger partial charge in [0.25, 0.3) is 5.91 Å². The fourth-order valence-electron chi connectivity index (χ4n) is 6.43. The highest BCUT2D eigenvalue weighted by Gasteiger charge is 2.42. The van der Waals surface area contributed by atoms with E-state index in [2.05, 4.69) is 46.5 Å². The molecular weight excluding hydrogens is 518 g/mol. The molecule has 0 aliphatic carbocycles. The number of hydrogen-bond acceptors (Lipinski definition) is 6. The molecule has 0 spiro atoms. The van der Waals surface area contributed by atoms with Gasteiger partial charge in [-0.2, -0.15) is 5.10 Å². The van der Waals surface area contributed by atoms with E-state index in [1.165, 1.54) is 5.56 Å². The van der Waals surface area contributed by atoms with Crippen molar-refractivity contribution < 1.29 is 19.1 Å². The molecule has 3 aromatic rings. The van der Waals surface area contributed by atoms with Crippen LogP contribution in [0.3, 0.4) is 0 Å². The van der Waals surface area contributed by atoms with Crippen LogP contribution in [0.2, 0.25) is 0 Å². The van der Waals surface area contributed by atoms with Crippen molar-refractivity contribution in [2.45, 2.75) is 38.8 Å². The van der Waals surface area contributed by atoms with Crippen LogP contribution in [0.5, 0.6) is 0 Å². The Bertz CT molecular complexity index is 1340. The maximum Gasteiger partial charge on any atom is 0.407 e. The van der Waals surface area contributed by atoms with Crippen LogP contribution in [0.1, 0.15) is 46.1 Å². The van der Waals surface area contributed by atoms with Crippen LogP contribution >= 0.6 is 0 Å². The minimum atomic E-state index is -0.386. The lowest BCUT2D eigenvalue weighted by atomic mass is 10.0. The summed E-state index contributed by atoms with van der Waals surface area (Å²) in [4.78, 5) is 30.6. The molecule has 3 unspecified atom stereocenters. The van der Waals surface area contributed by atoms with E-state index < -0.39 is 0 Å². The lowest BCUT2D eigenvalue weighted by Crippen LogP contribution is -2.36. The van der Waals surface area contributed by atoms with Gasteiger partial charge in [0, 0.05) is 39.1 Å². The normalized spacial score (nSPS) is 23.0. The van der Waals surface area contributed by atoms with Crippen molar-refractivity contribution in [3.63, 3.8) is 0 Å². The highest BCUT2D eigenvalue weighted by Crippen LogP contribution is 2.33. The van der Waals surface area contributed by atoms with Crippen molar-refractivity contribution in [1.82, 2.24) is 24.9 Å². The smallest absolute Gasteiger partial charge is 0.407 e. The van der Waals surface area contributed by atoms with E-state index in [1.807, 2.05) is 46.8 Å². The maximum absolute atomic E-state index is 13.5. The van der Waals surface area contributed by atoms with Crippen molar-refractivity contribution in [2.75, 3.05) is 45.9 Å². The largest absolute Gasteiger partial charge is 0.444 e. The second-order valence-electron chi connectivity index (χ2n) is 11.7. The van der Waals surface area contributed by atoms with Crippen LogP contribution < -0.4 is 5.32 Å². The van der Waals surface area contributed by atoms with E-state index in [0.29, 0.717) is 30.6 Å². The number of nitrogens with one attached hydrogen (secondary N) is 1. The zero-order valence-corrected chi connectivity index (χ0v) is 23.9. The number of nitrogens with zero attached hydrogens (tertiary/aromatic N) is 4. The third kappa shape index (κ3) is 6.16. The number of benzene rings is 2. The Balaban J connectivity index is 1.03. The van der Waals surface area contributed by atoms with Crippen LogP contribution in [-0.4, -0.2) is 83.6 Å². The van der Waals surface area contributed by atoms with E-state index in [9.17, 15) is 9.59 Å². The number of carbonyl (C=O) groups excluding carboxylic acids is 2. The molecule has 4 atom stereocenters. The molecule has 2 aromatic carbocycles. The Morgan fingerprint density at radius 1 is 1.02 bits per heavy atom. The molecule has 0 bridgehead atoms. The van der Waals surface area contributed by atoms with Gasteiger partial charge in [-0.15, -0.1) is 0 Å². The zero-order valence-electron chi connectivity index (χ0n) is 23.9. The van der Waals surface area contributed by atoms with E-state index in [-0.39, 0.29) is 24.1 Å². The minimum absolute atomic E-state index is 0.0707. The Morgan fingerprint density at radius 3 is 2.44 bits per heavy atom. The van der Waals surface area contributed by atoms with Crippen LogP contribution in [0, 0.1) is 25.7 Å². The molecule has 4 heterocycles. The predicted molar refractivity (Wildman–Crippen MR) is 155 cm³/mol. The fourth-order valence-corrected chi connectivity index (χ4v) is 6.43. The van der Waals surface area contributed by atoms with Gasteiger partial charge in [-0.25, -0.2) is 9.48 Å². The molecule has 0 radical (unpaired) electrons. The van der Waals surface area contributed by atoms with Gasteiger partial charge in [-0.3, -0.25) is 4.79 Å². The topological polar surface area (TPSA) is 88.9 Å². The summed E-state index contributed by atoms with van der Waals surface area (Å²) >= 11 is 0. The van der Waals surface area contributed by atoms with E-state index >= 15 is 0 Å². The van der Waals surface area contributed by atoms with E-state index in [1.54, 1.807) is 6.20 Å². The van der Waals surface area contributed by atoms with Crippen LogP contribution in [0.15, 0.2) is 60.8 Å². The predicted octanol–water partition coefficient (Wildman–Crippen LogP) is 4.14. The summed E-state index contributed by atoms with van der Waals surface area (Å²) in [5, 5.41) is 7.62. The second kappa shape index (κ2) is 12.0. The second-order valence-corrected chi connectivity index (χ2v) is 11.7.